The van der Waals surface area contributed by atoms with Crippen molar-refractivity contribution < 1.29 is 4.74 Å². The lowest BCUT2D eigenvalue weighted by Crippen LogP contribution is -2.59. The third kappa shape index (κ3) is 3.43. The number of hydrogen-bond acceptors (Lipinski definition) is 3. The van der Waals surface area contributed by atoms with E-state index in [0.29, 0.717) is 6.04 Å². The minimum Gasteiger partial charge on any atom is -0.381 e. The third-order valence-corrected chi connectivity index (χ3v) is 4.40. The van der Waals surface area contributed by atoms with Gasteiger partial charge >= 0.3 is 0 Å². The minimum atomic E-state index is 0.696. The van der Waals surface area contributed by atoms with Gasteiger partial charge in [0.2, 0.25) is 0 Å². The van der Waals surface area contributed by atoms with Crippen molar-refractivity contribution in [1.29, 1.82) is 0 Å². The largest absolute Gasteiger partial charge is 0.381 e. The Hall–Kier alpha value is -0.120. The molecule has 0 bridgehead atoms. The first-order valence-corrected chi connectivity index (χ1v) is 7.42. The molecule has 2 saturated heterocycles. The highest BCUT2D eigenvalue weighted by molar-refractivity contribution is 4.89. The fourth-order valence-corrected chi connectivity index (χ4v) is 3.21. The van der Waals surface area contributed by atoms with Crippen molar-refractivity contribution in [2.24, 2.45) is 0 Å². The fraction of sp³-hybridized carbons (Fsp3) is 1.00. The summed E-state index contributed by atoms with van der Waals surface area (Å²) in [5.74, 6) is 0. The predicted molar refractivity (Wildman–Crippen MR) is 71.3 cm³/mol. The molecule has 2 aliphatic heterocycles. The van der Waals surface area contributed by atoms with E-state index in [0.717, 1.165) is 25.3 Å². The molecule has 2 rings (SSSR count). The Morgan fingerprint density at radius 3 is 2.82 bits per heavy atom. The molecule has 2 heterocycles. The molecule has 0 aliphatic carbocycles. The summed E-state index contributed by atoms with van der Waals surface area (Å²) in [6.45, 7) is 8.95. The van der Waals surface area contributed by atoms with Crippen molar-refractivity contribution in [3.63, 3.8) is 0 Å². The molecule has 3 atom stereocenters. The molecule has 0 saturated carbocycles. The van der Waals surface area contributed by atoms with Gasteiger partial charge in [-0.2, -0.15) is 0 Å². The molecular weight excluding hydrogens is 212 g/mol. The molecule has 17 heavy (non-hydrogen) atoms. The Morgan fingerprint density at radius 2 is 2.06 bits per heavy atom. The number of ether oxygens (including phenoxy) is 1. The molecule has 3 nitrogen and oxygen atoms in total. The second kappa shape index (κ2) is 6.72. The lowest BCUT2D eigenvalue weighted by molar-refractivity contribution is 0.0642. The number of nitrogens with zero attached hydrogens (tertiary/aromatic N) is 1. The number of hydrogen-bond donors (Lipinski definition) is 1. The van der Waals surface area contributed by atoms with E-state index in [4.69, 9.17) is 4.74 Å². The number of piperazine rings is 1. The second-order valence-corrected chi connectivity index (χ2v) is 5.47. The maximum atomic E-state index is 5.60. The van der Waals surface area contributed by atoms with Gasteiger partial charge < -0.3 is 10.1 Å². The van der Waals surface area contributed by atoms with Crippen LogP contribution in [0.2, 0.25) is 0 Å². The summed E-state index contributed by atoms with van der Waals surface area (Å²) >= 11 is 0. The van der Waals surface area contributed by atoms with Gasteiger partial charge in [-0.1, -0.05) is 13.8 Å². The van der Waals surface area contributed by atoms with Gasteiger partial charge in [-0.15, -0.1) is 0 Å². The van der Waals surface area contributed by atoms with Crippen LogP contribution < -0.4 is 5.32 Å². The number of rotatable bonds is 3. The quantitative estimate of drug-likeness (QED) is 0.817. The van der Waals surface area contributed by atoms with Gasteiger partial charge in [0.1, 0.15) is 0 Å². The van der Waals surface area contributed by atoms with Crippen LogP contribution in [-0.2, 0) is 4.74 Å². The normalized spacial score (nSPS) is 36.7. The Bertz CT molecular complexity index is 214. The molecule has 3 unspecified atom stereocenters. The van der Waals surface area contributed by atoms with Crippen LogP contribution in [-0.4, -0.2) is 49.3 Å². The molecule has 0 spiro atoms. The topological polar surface area (TPSA) is 24.5 Å². The maximum Gasteiger partial charge on any atom is 0.0480 e. The van der Waals surface area contributed by atoms with E-state index in [2.05, 4.69) is 24.1 Å². The highest BCUT2D eigenvalue weighted by atomic mass is 16.5. The average Bonchev–Trinajstić information content (AvgIpc) is 2.66. The Labute approximate surface area is 106 Å². The van der Waals surface area contributed by atoms with Gasteiger partial charge in [0, 0.05) is 44.4 Å². The van der Waals surface area contributed by atoms with Crippen LogP contribution in [0.1, 0.15) is 46.0 Å². The Balaban J connectivity index is 1.97. The summed E-state index contributed by atoms with van der Waals surface area (Å²) < 4.78 is 5.60. The molecule has 2 fully saturated rings. The van der Waals surface area contributed by atoms with Gasteiger partial charge in [-0.3, -0.25) is 4.90 Å². The second-order valence-electron chi connectivity index (χ2n) is 5.47. The van der Waals surface area contributed by atoms with E-state index in [9.17, 15) is 0 Å². The van der Waals surface area contributed by atoms with Crippen LogP contribution in [0, 0.1) is 0 Å². The highest BCUT2D eigenvalue weighted by Gasteiger charge is 2.31. The van der Waals surface area contributed by atoms with Crippen molar-refractivity contribution in [1.82, 2.24) is 10.2 Å². The van der Waals surface area contributed by atoms with Gasteiger partial charge in [-0.05, 0) is 32.1 Å². The first kappa shape index (κ1) is 13.3. The summed E-state index contributed by atoms with van der Waals surface area (Å²) in [4.78, 5) is 2.78. The molecule has 0 radical (unpaired) electrons. The standard InChI is InChI=1S/C14H28N2O/c1-3-12-11-16(13(4-2)10-15-12)14-6-5-8-17-9-7-14/h12-15H,3-11H2,1-2H3. The zero-order valence-electron chi connectivity index (χ0n) is 11.5. The Kier molecular flexibility index (Phi) is 5.26. The summed E-state index contributed by atoms with van der Waals surface area (Å²) in [6.07, 6.45) is 6.30. The van der Waals surface area contributed by atoms with Gasteiger partial charge in [0.25, 0.3) is 0 Å². The molecule has 0 amide bonds. The van der Waals surface area contributed by atoms with Gasteiger partial charge in [0.05, 0.1) is 0 Å². The van der Waals surface area contributed by atoms with Crippen molar-refractivity contribution in [2.75, 3.05) is 26.3 Å². The predicted octanol–water partition coefficient (Wildman–Crippen LogP) is 2.02. The van der Waals surface area contributed by atoms with Crippen molar-refractivity contribution in [3.05, 3.63) is 0 Å². The van der Waals surface area contributed by atoms with Crippen LogP contribution in [0.15, 0.2) is 0 Å². The van der Waals surface area contributed by atoms with E-state index in [1.54, 1.807) is 0 Å². The van der Waals surface area contributed by atoms with Crippen LogP contribution in [0.3, 0.4) is 0 Å². The molecule has 0 aromatic rings. The number of nitrogens with one attached hydrogen (secondary N) is 1. The van der Waals surface area contributed by atoms with Crippen LogP contribution in [0.5, 0.6) is 0 Å². The molecule has 0 aromatic carbocycles. The lowest BCUT2D eigenvalue weighted by atomic mass is 9.98. The van der Waals surface area contributed by atoms with Gasteiger partial charge in [0.15, 0.2) is 0 Å². The molecule has 0 aromatic heterocycles. The van der Waals surface area contributed by atoms with Crippen LogP contribution in [0.4, 0.5) is 0 Å². The summed E-state index contributed by atoms with van der Waals surface area (Å²) in [6, 6.07) is 2.20. The molecular formula is C14H28N2O. The van der Waals surface area contributed by atoms with E-state index in [1.165, 1.54) is 45.2 Å². The van der Waals surface area contributed by atoms with E-state index >= 15 is 0 Å². The molecule has 3 heteroatoms. The summed E-state index contributed by atoms with van der Waals surface area (Å²) in [5, 5.41) is 3.68. The van der Waals surface area contributed by atoms with E-state index in [1.807, 2.05) is 0 Å². The molecule has 2 aliphatic rings. The maximum absolute atomic E-state index is 5.60. The molecule has 100 valence electrons. The van der Waals surface area contributed by atoms with Crippen molar-refractivity contribution in [3.8, 4) is 0 Å². The van der Waals surface area contributed by atoms with E-state index < -0.39 is 0 Å². The van der Waals surface area contributed by atoms with Crippen molar-refractivity contribution >= 4 is 0 Å². The molecule has 1 N–H and O–H groups in total. The lowest BCUT2D eigenvalue weighted by Gasteiger charge is -2.44. The third-order valence-electron chi connectivity index (χ3n) is 4.40. The van der Waals surface area contributed by atoms with E-state index in [-0.39, 0.29) is 0 Å². The zero-order chi connectivity index (χ0) is 12.1. The fourth-order valence-electron chi connectivity index (χ4n) is 3.21. The average molecular weight is 240 g/mol. The SMILES string of the molecule is CCC1CN(C2CCCOCC2)C(CC)CN1. The summed E-state index contributed by atoms with van der Waals surface area (Å²) in [5.41, 5.74) is 0. The highest BCUT2D eigenvalue weighted by Crippen LogP contribution is 2.22. The minimum absolute atomic E-state index is 0.696. The van der Waals surface area contributed by atoms with Crippen LogP contribution >= 0.6 is 0 Å². The Morgan fingerprint density at radius 1 is 1.18 bits per heavy atom. The first-order valence-electron chi connectivity index (χ1n) is 7.42. The van der Waals surface area contributed by atoms with Crippen molar-refractivity contribution in [2.45, 2.75) is 64.1 Å². The monoisotopic (exact) mass is 240 g/mol. The first-order chi connectivity index (χ1) is 8.35. The van der Waals surface area contributed by atoms with Gasteiger partial charge in [-0.25, -0.2) is 0 Å². The smallest absolute Gasteiger partial charge is 0.0480 e. The zero-order valence-corrected chi connectivity index (χ0v) is 11.5. The van der Waals surface area contributed by atoms with Crippen LogP contribution in [0.25, 0.3) is 0 Å². The summed E-state index contributed by atoms with van der Waals surface area (Å²) in [7, 11) is 0.